The molecule has 0 fully saturated rings. The van der Waals surface area contributed by atoms with E-state index in [0.717, 1.165) is 25.9 Å². The van der Waals surface area contributed by atoms with Gasteiger partial charge in [-0.1, -0.05) is 31.2 Å². The predicted molar refractivity (Wildman–Crippen MR) is 87.2 cm³/mol. The summed E-state index contributed by atoms with van der Waals surface area (Å²) in [6.45, 7) is 2.98. The van der Waals surface area contributed by atoms with E-state index in [2.05, 4.69) is 48.1 Å². The van der Waals surface area contributed by atoms with Crippen LogP contribution in [0.15, 0.2) is 35.7 Å². The fourth-order valence-electron chi connectivity index (χ4n) is 3.08. The Balaban J connectivity index is 1.82. The Morgan fingerprint density at radius 2 is 2.24 bits per heavy atom. The van der Waals surface area contributed by atoms with Crippen LogP contribution in [0.3, 0.4) is 0 Å². The zero-order chi connectivity index (χ0) is 14.7. The second-order valence-electron chi connectivity index (χ2n) is 5.43. The lowest BCUT2D eigenvalue weighted by molar-refractivity contribution is 0.0295. The van der Waals surface area contributed by atoms with Crippen molar-refractivity contribution >= 4 is 11.3 Å². The minimum absolute atomic E-state index is 0.128. The van der Waals surface area contributed by atoms with Gasteiger partial charge in [-0.05, 0) is 47.4 Å². The van der Waals surface area contributed by atoms with Gasteiger partial charge in [-0.2, -0.15) is 0 Å². The number of fused-ring (bicyclic) bond motifs is 1. The summed E-state index contributed by atoms with van der Waals surface area (Å²) in [5.41, 5.74) is 7.10. The lowest BCUT2D eigenvalue weighted by Gasteiger charge is -2.29. The molecular weight excluding hydrogens is 280 g/mol. The first-order valence-corrected chi connectivity index (χ1v) is 8.43. The van der Waals surface area contributed by atoms with E-state index >= 15 is 0 Å². The van der Waals surface area contributed by atoms with Crippen LogP contribution < -0.4 is 11.3 Å². The van der Waals surface area contributed by atoms with Crippen LogP contribution in [0.1, 0.15) is 47.1 Å². The Bertz CT molecular complexity index is 596. The highest BCUT2D eigenvalue weighted by atomic mass is 32.1. The van der Waals surface area contributed by atoms with Gasteiger partial charge in [0.1, 0.15) is 0 Å². The number of aryl methyl sites for hydroxylation is 1. The van der Waals surface area contributed by atoms with E-state index in [-0.39, 0.29) is 12.1 Å². The van der Waals surface area contributed by atoms with Crippen LogP contribution >= 0.6 is 11.3 Å². The molecule has 0 radical (unpaired) electrons. The van der Waals surface area contributed by atoms with Gasteiger partial charge in [-0.25, -0.2) is 0 Å². The third-order valence-electron chi connectivity index (χ3n) is 4.22. The first-order chi connectivity index (χ1) is 10.3. The van der Waals surface area contributed by atoms with Gasteiger partial charge >= 0.3 is 0 Å². The number of hydrazine groups is 1. The molecule has 3 nitrogen and oxygen atoms in total. The topological polar surface area (TPSA) is 47.3 Å². The van der Waals surface area contributed by atoms with Crippen molar-refractivity contribution in [1.29, 1.82) is 0 Å². The fourth-order valence-corrected chi connectivity index (χ4v) is 4.15. The molecule has 4 heteroatoms. The molecule has 2 heterocycles. The molecule has 3 N–H and O–H groups in total. The largest absolute Gasteiger partial charge is 0.373 e. The van der Waals surface area contributed by atoms with Gasteiger partial charge in [0.15, 0.2) is 0 Å². The van der Waals surface area contributed by atoms with E-state index in [1.807, 2.05) is 0 Å². The van der Waals surface area contributed by atoms with Crippen molar-refractivity contribution in [2.75, 3.05) is 6.61 Å². The summed E-state index contributed by atoms with van der Waals surface area (Å²) in [5, 5.41) is 2.15. The molecule has 2 atom stereocenters. The molecule has 0 saturated carbocycles. The molecule has 0 saturated heterocycles. The molecule has 3 rings (SSSR count). The Hall–Kier alpha value is -1.20. The van der Waals surface area contributed by atoms with Gasteiger partial charge in [0.05, 0.1) is 18.8 Å². The van der Waals surface area contributed by atoms with Crippen molar-refractivity contribution in [3.63, 3.8) is 0 Å². The highest BCUT2D eigenvalue weighted by molar-refractivity contribution is 7.10. The van der Waals surface area contributed by atoms with Gasteiger partial charge in [0.2, 0.25) is 0 Å². The highest BCUT2D eigenvalue weighted by Crippen LogP contribution is 2.36. The molecule has 2 unspecified atom stereocenters. The number of thiophene rings is 1. The van der Waals surface area contributed by atoms with E-state index in [1.54, 1.807) is 11.3 Å². The number of hydrogen-bond acceptors (Lipinski definition) is 4. The zero-order valence-electron chi connectivity index (χ0n) is 12.3. The summed E-state index contributed by atoms with van der Waals surface area (Å²) >= 11 is 1.78. The Kier molecular flexibility index (Phi) is 4.70. The molecule has 1 aliphatic heterocycles. The van der Waals surface area contributed by atoms with Crippen LogP contribution in [0.4, 0.5) is 0 Å². The molecule has 0 bridgehead atoms. The van der Waals surface area contributed by atoms with E-state index in [0.29, 0.717) is 0 Å². The van der Waals surface area contributed by atoms with Crippen LogP contribution in [0.5, 0.6) is 0 Å². The van der Waals surface area contributed by atoms with Crippen LogP contribution in [-0.4, -0.2) is 6.61 Å². The zero-order valence-corrected chi connectivity index (χ0v) is 13.2. The average Bonchev–Trinajstić information content (AvgIpc) is 3.01. The molecule has 0 amide bonds. The maximum absolute atomic E-state index is 6.02. The summed E-state index contributed by atoms with van der Waals surface area (Å²) in [6.07, 6.45) is 3.05. The van der Waals surface area contributed by atoms with Crippen molar-refractivity contribution in [2.45, 2.75) is 38.3 Å². The second kappa shape index (κ2) is 6.71. The van der Waals surface area contributed by atoms with Crippen LogP contribution in [0.2, 0.25) is 0 Å². The molecule has 112 valence electrons. The van der Waals surface area contributed by atoms with Crippen LogP contribution in [-0.2, 0) is 17.6 Å². The van der Waals surface area contributed by atoms with E-state index in [9.17, 15) is 0 Å². The third-order valence-corrected chi connectivity index (χ3v) is 5.29. The van der Waals surface area contributed by atoms with E-state index < -0.39 is 0 Å². The Morgan fingerprint density at radius 1 is 1.38 bits per heavy atom. The molecule has 0 aliphatic carbocycles. The molecule has 0 spiro atoms. The first-order valence-electron chi connectivity index (χ1n) is 7.55. The van der Waals surface area contributed by atoms with Crippen LogP contribution in [0.25, 0.3) is 0 Å². The third kappa shape index (κ3) is 3.04. The second-order valence-corrected chi connectivity index (χ2v) is 6.37. The Labute approximate surface area is 130 Å². The SMILES string of the molecule is CCc1ccsc1C(CC1OCCc2ccccc21)NN. The van der Waals surface area contributed by atoms with Crippen molar-refractivity contribution < 1.29 is 4.74 Å². The van der Waals surface area contributed by atoms with Gasteiger partial charge in [-0.15, -0.1) is 11.3 Å². The van der Waals surface area contributed by atoms with Gasteiger partial charge in [0.25, 0.3) is 0 Å². The molecule has 1 aromatic heterocycles. The lowest BCUT2D eigenvalue weighted by Crippen LogP contribution is -2.31. The van der Waals surface area contributed by atoms with Crippen molar-refractivity contribution in [3.05, 3.63) is 57.3 Å². The molecule has 1 aliphatic rings. The van der Waals surface area contributed by atoms with Gasteiger partial charge in [0, 0.05) is 4.88 Å². The monoisotopic (exact) mass is 302 g/mol. The van der Waals surface area contributed by atoms with Crippen molar-refractivity contribution in [3.8, 4) is 0 Å². The summed E-state index contributed by atoms with van der Waals surface area (Å²) in [6, 6.07) is 10.9. The van der Waals surface area contributed by atoms with Gasteiger partial charge < -0.3 is 4.74 Å². The number of ether oxygens (including phenoxy) is 1. The number of nitrogens with one attached hydrogen (secondary N) is 1. The summed E-state index contributed by atoms with van der Waals surface area (Å²) in [5.74, 6) is 5.83. The normalized spacial score (nSPS) is 19.2. The van der Waals surface area contributed by atoms with Crippen LogP contribution in [0, 0.1) is 0 Å². The smallest absolute Gasteiger partial charge is 0.0846 e. The molecule has 2 aromatic rings. The Morgan fingerprint density at radius 3 is 3.05 bits per heavy atom. The maximum atomic E-state index is 6.02. The van der Waals surface area contributed by atoms with E-state index in [1.165, 1.54) is 21.6 Å². The predicted octanol–water partition coefficient (Wildman–Crippen LogP) is 3.52. The lowest BCUT2D eigenvalue weighted by atomic mass is 9.92. The molecular formula is C17H22N2OS. The van der Waals surface area contributed by atoms with Gasteiger partial charge in [-0.3, -0.25) is 11.3 Å². The number of benzene rings is 1. The molecule has 1 aromatic carbocycles. The number of rotatable bonds is 5. The summed E-state index contributed by atoms with van der Waals surface area (Å²) in [4.78, 5) is 1.34. The highest BCUT2D eigenvalue weighted by Gasteiger charge is 2.25. The van der Waals surface area contributed by atoms with E-state index in [4.69, 9.17) is 10.6 Å². The fraction of sp³-hybridized carbons (Fsp3) is 0.412. The minimum atomic E-state index is 0.128. The number of nitrogens with two attached hydrogens (primary N) is 1. The summed E-state index contributed by atoms with van der Waals surface area (Å²) < 4.78 is 6.02. The first kappa shape index (κ1) is 14.7. The summed E-state index contributed by atoms with van der Waals surface area (Å²) in [7, 11) is 0. The minimum Gasteiger partial charge on any atom is -0.373 e. The molecule has 21 heavy (non-hydrogen) atoms. The maximum Gasteiger partial charge on any atom is 0.0846 e. The van der Waals surface area contributed by atoms with Crippen molar-refractivity contribution in [2.24, 2.45) is 5.84 Å². The average molecular weight is 302 g/mol. The standard InChI is InChI=1S/C17H22N2OS/c1-2-12-8-10-21-17(12)15(19-18)11-16-14-6-4-3-5-13(14)7-9-20-16/h3-6,8,10,15-16,19H,2,7,9,11,18H2,1H3. The quantitative estimate of drug-likeness (QED) is 0.656. The van der Waals surface area contributed by atoms with Crippen molar-refractivity contribution in [1.82, 2.24) is 5.43 Å². The number of hydrogen-bond donors (Lipinski definition) is 2.